The Morgan fingerprint density at radius 1 is 1.38 bits per heavy atom. The lowest BCUT2D eigenvalue weighted by Crippen LogP contribution is -2.19. The molecule has 10 heteroatoms. The van der Waals surface area contributed by atoms with Gasteiger partial charge in [0.25, 0.3) is 5.91 Å². The number of para-hydroxylation sites is 1. The van der Waals surface area contributed by atoms with Gasteiger partial charge < -0.3 is 5.11 Å². The molecule has 3 aromatic rings. The van der Waals surface area contributed by atoms with Gasteiger partial charge in [-0.15, -0.1) is 11.3 Å². The zero-order chi connectivity index (χ0) is 18.5. The van der Waals surface area contributed by atoms with Crippen molar-refractivity contribution in [2.45, 2.75) is 4.34 Å². The van der Waals surface area contributed by atoms with Gasteiger partial charge in [0.05, 0.1) is 27.1 Å². The van der Waals surface area contributed by atoms with Crippen LogP contribution in [0.25, 0.3) is 10.2 Å². The highest BCUT2D eigenvalue weighted by Gasteiger charge is 2.12. The zero-order valence-electron chi connectivity index (χ0n) is 13.2. The number of thiazole rings is 1. The molecule has 0 saturated heterocycles. The molecule has 0 radical (unpaired) electrons. The number of phenolic OH excluding ortho intramolecular Hbond substituents is 1. The summed E-state index contributed by atoms with van der Waals surface area (Å²) < 4.78 is 1.85. The number of nitrogens with zero attached hydrogens (tertiary/aromatic N) is 3. The lowest BCUT2D eigenvalue weighted by Gasteiger charge is -1.99. The molecule has 2 aromatic carbocycles. The molecule has 1 heterocycles. The fourth-order valence-corrected chi connectivity index (χ4v) is 3.88. The predicted octanol–water partition coefficient (Wildman–Crippen LogP) is 3.15. The fourth-order valence-electron chi connectivity index (χ4n) is 2.02. The first-order chi connectivity index (χ1) is 12.5. The number of hydrogen-bond acceptors (Lipinski definition) is 8. The largest absolute Gasteiger partial charge is 0.502 e. The molecule has 0 aliphatic rings. The third kappa shape index (κ3) is 4.35. The summed E-state index contributed by atoms with van der Waals surface area (Å²) in [7, 11) is 0. The average molecular weight is 388 g/mol. The number of rotatable bonds is 6. The Bertz CT molecular complexity index is 970. The molecule has 0 unspecified atom stereocenters. The van der Waals surface area contributed by atoms with E-state index in [-0.39, 0.29) is 11.7 Å². The van der Waals surface area contributed by atoms with Gasteiger partial charge in [0, 0.05) is 11.6 Å². The van der Waals surface area contributed by atoms with Crippen molar-refractivity contribution in [2.75, 3.05) is 5.75 Å². The molecule has 1 aromatic heterocycles. The second-order valence-corrected chi connectivity index (χ2v) is 7.29. The molecule has 0 spiro atoms. The highest BCUT2D eigenvalue weighted by molar-refractivity contribution is 8.01. The van der Waals surface area contributed by atoms with Crippen LogP contribution in [0.4, 0.5) is 5.69 Å². The molecule has 0 bridgehead atoms. The van der Waals surface area contributed by atoms with Gasteiger partial charge in [-0.25, -0.2) is 10.4 Å². The van der Waals surface area contributed by atoms with E-state index in [4.69, 9.17) is 0 Å². The van der Waals surface area contributed by atoms with Gasteiger partial charge >= 0.3 is 5.69 Å². The second-order valence-electron chi connectivity index (χ2n) is 5.03. The first kappa shape index (κ1) is 17.8. The molecule has 1 amide bonds. The van der Waals surface area contributed by atoms with Gasteiger partial charge in [0.1, 0.15) is 0 Å². The van der Waals surface area contributed by atoms with E-state index in [0.717, 1.165) is 14.6 Å². The molecule has 3 rings (SSSR count). The van der Waals surface area contributed by atoms with Crippen LogP contribution in [-0.4, -0.2) is 32.9 Å². The molecule has 0 fully saturated rings. The summed E-state index contributed by atoms with van der Waals surface area (Å²) in [6.07, 6.45) is 1.27. The van der Waals surface area contributed by atoms with E-state index in [1.807, 2.05) is 24.3 Å². The summed E-state index contributed by atoms with van der Waals surface area (Å²) >= 11 is 2.82. The normalized spacial score (nSPS) is 11.1. The van der Waals surface area contributed by atoms with Crippen LogP contribution in [0.15, 0.2) is 51.9 Å². The molecule has 0 atom stereocenters. The van der Waals surface area contributed by atoms with Crippen molar-refractivity contribution in [3.05, 3.63) is 58.1 Å². The Kier molecular flexibility index (Phi) is 5.44. The Morgan fingerprint density at radius 2 is 2.19 bits per heavy atom. The van der Waals surface area contributed by atoms with Crippen LogP contribution in [0, 0.1) is 10.1 Å². The number of amides is 1. The number of nitrogens with one attached hydrogen (secondary N) is 1. The maximum absolute atomic E-state index is 11.8. The molecular weight excluding hydrogens is 376 g/mol. The van der Waals surface area contributed by atoms with E-state index in [2.05, 4.69) is 15.5 Å². The van der Waals surface area contributed by atoms with Crippen LogP contribution in [0.5, 0.6) is 5.75 Å². The third-order valence-corrected chi connectivity index (χ3v) is 5.38. The lowest BCUT2D eigenvalue weighted by molar-refractivity contribution is -0.385. The minimum atomic E-state index is -0.695. The topological polar surface area (TPSA) is 118 Å². The van der Waals surface area contributed by atoms with Crippen LogP contribution in [0.3, 0.4) is 0 Å². The van der Waals surface area contributed by atoms with Crippen molar-refractivity contribution in [2.24, 2.45) is 5.10 Å². The number of fused-ring (bicyclic) bond motifs is 1. The van der Waals surface area contributed by atoms with Gasteiger partial charge in [0.2, 0.25) is 0 Å². The van der Waals surface area contributed by atoms with Crippen molar-refractivity contribution in [1.29, 1.82) is 0 Å². The highest BCUT2D eigenvalue weighted by atomic mass is 32.2. The van der Waals surface area contributed by atoms with E-state index >= 15 is 0 Å². The lowest BCUT2D eigenvalue weighted by atomic mass is 10.2. The van der Waals surface area contributed by atoms with Crippen molar-refractivity contribution in [3.8, 4) is 5.75 Å². The van der Waals surface area contributed by atoms with Crippen LogP contribution in [0.1, 0.15) is 5.56 Å². The second kappa shape index (κ2) is 7.93. The first-order valence-corrected chi connectivity index (χ1v) is 9.11. The van der Waals surface area contributed by atoms with Gasteiger partial charge in [-0.1, -0.05) is 23.9 Å². The SMILES string of the molecule is O=C(CSc1nc2ccccc2s1)N/N=C/c1ccc(O)c([N+](=O)[O-])c1. The zero-order valence-corrected chi connectivity index (χ0v) is 14.8. The van der Waals surface area contributed by atoms with Crippen LogP contribution >= 0.6 is 23.1 Å². The number of phenols is 1. The van der Waals surface area contributed by atoms with Gasteiger partial charge in [-0.3, -0.25) is 14.9 Å². The number of thioether (sulfide) groups is 1. The Hall–Kier alpha value is -2.98. The van der Waals surface area contributed by atoms with Crippen LogP contribution < -0.4 is 5.43 Å². The monoisotopic (exact) mass is 388 g/mol. The van der Waals surface area contributed by atoms with Crippen LogP contribution in [0.2, 0.25) is 0 Å². The van der Waals surface area contributed by atoms with E-state index in [0.29, 0.717) is 5.56 Å². The van der Waals surface area contributed by atoms with E-state index < -0.39 is 16.4 Å². The van der Waals surface area contributed by atoms with Gasteiger partial charge in [-0.05, 0) is 24.3 Å². The van der Waals surface area contributed by atoms with E-state index in [1.165, 1.54) is 47.5 Å². The van der Waals surface area contributed by atoms with E-state index in [9.17, 15) is 20.0 Å². The Balaban J connectivity index is 1.54. The fraction of sp³-hybridized carbons (Fsp3) is 0.0625. The number of hydrogen-bond donors (Lipinski definition) is 2. The minimum Gasteiger partial charge on any atom is -0.502 e. The Labute approximate surface area is 155 Å². The minimum absolute atomic E-state index is 0.146. The maximum atomic E-state index is 11.8. The molecule has 0 saturated carbocycles. The summed E-state index contributed by atoms with van der Waals surface area (Å²) in [6.45, 7) is 0. The number of aromatic nitrogens is 1. The van der Waals surface area contributed by atoms with Gasteiger partial charge in [0.15, 0.2) is 10.1 Å². The number of nitro groups is 1. The number of aromatic hydroxyl groups is 1. The molecule has 26 heavy (non-hydrogen) atoms. The Morgan fingerprint density at radius 3 is 2.96 bits per heavy atom. The summed E-state index contributed by atoms with van der Waals surface area (Å²) in [5.41, 5.74) is 3.21. The highest BCUT2D eigenvalue weighted by Crippen LogP contribution is 2.29. The number of carbonyl (C=O) groups is 1. The molecule has 2 N–H and O–H groups in total. The third-order valence-electron chi connectivity index (χ3n) is 3.20. The standard InChI is InChI=1S/C16H12N4O4S2/c21-13-6-5-10(7-12(13)20(23)24)8-17-19-15(22)9-25-16-18-11-3-1-2-4-14(11)26-16/h1-8,21H,9H2,(H,19,22)/b17-8+. The maximum Gasteiger partial charge on any atom is 0.311 e. The quantitative estimate of drug-likeness (QED) is 0.290. The van der Waals surface area contributed by atoms with Crippen molar-refractivity contribution < 1.29 is 14.8 Å². The van der Waals surface area contributed by atoms with Crippen LogP contribution in [-0.2, 0) is 4.79 Å². The summed E-state index contributed by atoms with van der Waals surface area (Å²) in [6, 6.07) is 11.5. The molecule has 8 nitrogen and oxygen atoms in total. The van der Waals surface area contributed by atoms with Crippen molar-refractivity contribution in [3.63, 3.8) is 0 Å². The molecule has 0 aliphatic carbocycles. The smallest absolute Gasteiger partial charge is 0.311 e. The number of benzene rings is 2. The number of nitro benzene ring substituents is 1. The first-order valence-electron chi connectivity index (χ1n) is 7.30. The summed E-state index contributed by atoms with van der Waals surface area (Å²) in [5.74, 6) is -0.602. The summed E-state index contributed by atoms with van der Waals surface area (Å²) in [5, 5.41) is 23.9. The predicted molar refractivity (Wildman–Crippen MR) is 101 cm³/mol. The van der Waals surface area contributed by atoms with E-state index in [1.54, 1.807) is 0 Å². The van der Waals surface area contributed by atoms with Crippen molar-refractivity contribution in [1.82, 2.24) is 10.4 Å². The van der Waals surface area contributed by atoms with Crippen molar-refractivity contribution >= 4 is 51.1 Å². The number of carbonyl (C=O) groups excluding carboxylic acids is 1. The molecule has 132 valence electrons. The summed E-state index contributed by atoms with van der Waals surface area (Å²) in [4.78, 5) is 26.3. The average Bonchev–Trinajstić information content (AvgIpc) is 3.04. The molecular formula is C16H12N4O4S2. The van der Waals surface area contributed by atoms with Gasteiger partial charge in [-0.2, -0.15) is 5.10 Å². The number of hydrazone groups is 1. The molecule has 0 aliphatic heterocycles.